The van der Waals surface area contributed by atoms with Crippen molar-refractivity contribution >= 4 is 5.91 Å². The van der Waals surface area contributed by atoms with Gasteiger partial charge in [0.25, 0.3) is 5.91 Å². The maximum atomic E-state index is 12.2. The second-order valence-corrected chi connectivity index (χ2v) is 1.56. The van der Waals surface area contributed by atoms with Crippen LogP contribution in [0.2, 0.25) is 0 Å². The highest BCUT2D eigenvalue weighted by molar-refractivity contribution is 5.90. The van der Waals surface area contributed by atoms with Crippen molar-refractivity contribution in [1.29, 1.82) is 0 Å². The van der Waals surface area contributed by atoms with Gasteiger partial charge in [-0.1, -0.05) is 0 Å². The fourth-order valence-electron chi connectivity index (χ4n) is 0.470. The number of aromatic amines is 1. The van der Waals surface area contributed by atoms with Crippen LogP contribution in [-0.2, 0) is 0 Å². The smallest absolute Gasteiger partial charge is 0.272 e. The van der Waals surface area contributed by atoms with E-state index >= 15 is 0 Å². The monoisotopic (exact) mass is 147 g/mol. The van der Waals surface area contributed by atoms with Crippen molar-refractivity contribution in [2.24, 2.45) is 5.73 Å². The highest BCUT2D eigenvalue weighted by Crippen LogP contribution is 2.04. The summed E-state index contributed by atoms with van der Waals surface area (Å²) in [7, 11) is 0. The molecular weight excluding hydrogens is 144 g/mol. The third-order valence-electron chi connectivity index (χ3n) is 0.900. The number of rotatable bonds is 1. The molecular formula is C4H3F2N3O. The lowest BCUT2D eigenvalue weighted by Crippen LogP contribution is -2.13. The first-order chi connectivity index (χ1) is 4.63. The SMILES string of the molecule is NC(=O)c1n[nH]c(F)c1F. The van der Waals surface area contributed by atoms with Crippen LogP contribution in [0, 0.1) is 11.8 Å². The van der Waals surface area contributed by atoms with E-state index < -0.39 is 23.4 Å². The Balaban J connectivity index is 3.17. The molecule has 1 amide bonds. The summed E-state index contributed by atoms with van der Waals surface area (Å²) in [6.45, 7) is 0. The quantitative estimate of drug-likeness (QED) is 0.576. The van der Waals surface area contributed by atoms with Gasteiger partial charge < -0.3 is 5.73 Å². The normalized spacial score (nSPS) is 9.80. The van der Waals surface area contributed by atoms with Gasteiger partial charge in [-0.15, -0.1) is 0 Å². The van der Waals surface area contributed by atoms with E-state index in [-0.39, 0.29) is 0 Å². The van der Waals surface area contributed by atoms with Crippen molar-refractivity contribution in [2.75, 3.05) is 0 Å². The zero-order chi connectivity index (χ0) is 7.72. The van der Waals surface area contributed by atoms with Crippen molar-refractivity contribution in [3.63, 3.8) is 0 Å². The van der Waals surface area contributed by atoms with Crippen LogP contribution in [0.3, 0.4) is 0 Å². The van der Waals surface area contributed by atoms with Gasteiger partial charge in [0.05, 0.1) is 0 Å². The lowest BCUT2D eigenvalue weighted by molar-refractivity contribution is 0.0991. The van der Waals surface area contributed by atoms with Crippen LogP contribution in [0.25, 0.3) is 0 Å². The molecule has 4 nitrogen and oxygen atoms in total. The zero-order valence-electron chi connectivity index (χ0n) is 4.69. The van der Waals surface area contributed by atoms with Crippen LogP contribution in [0.1, 0.15) is 10.5 Å². The predicted octanol–water partition coefficient (Wildman–Crippen LogP) is -0.213. The molecule has 1 rings (SSSR count). The van der Waals surface area contributed by atoms with Crippen LogP contribution in [0.4, 0.5) is 8.78 Å². The molecule has 6 heteroatoms. The summed E-state index contributed by atoms with van der Waals surface area (Å²) in [5.74, 6) is -3.72. The second kappa shape index (κ2) is 2.05. The fraction of sp³-hybridized carbons (Fsp3) is 0. The molecule has 0 bridgehead atoms. The minimum atomic E-state index is -1.34. The molecule has 0 saturated carbocycles. The minimum absolute atomic E-state index is 0.711. The Morgan fingerprint density at radius 2 is 2.20 bits per heavy atom. The van der Waals surface area contributed by atoms with Crippen LogP contribution in [-0.4, -0.2) is 16.1 Å². The fourth-order valence-corrected chi connectivity index (χ4v) is 0.470. The number of carbonyl (C=O) groups is 1. The molecule has 1 aromatic rings. The third kappa shape index (κ3) is 0.831. The molecule has 54 valence electrons. The van der Waals surface area contributed by atoms with E-state index in [4.69, 9.17) is 0 Å². The number of hydrogen-bond donors (Lipinski definition) is 2. The van der Waals surface area contributed by atoms with E-state index in [1.807, 2.05) is 0 Å². The maximum Gasteiger partial charge on any atom is 0.272 e. The molecule has 0 radical (unpaired) electrons. The molecule has 1 aromatic heterocycles. The standard InChI is InChI=1S/C4H3F2N3O/c5-1-2(4(7)10)8-9-3(1)6/h(H2,7,10)(H,8,9). The Labute approximate surface area is 54.0 Å². The van der Waals surface area contributed by atoms with Crippen molar-refractivity contribution in [3.8, 4) is 0 Å². The molecule has 10 heavy (non-hydrogen) atoms. The molecule has 0 unspecified atom stereocenters. The summed E-state index contributed by atoms with van der Waals surface area (Å²) in [4.78, 5) is 10.2. The summed E-state index contributed by atoms with van der Waals surface area (Å²) in [5.41, 5.74) is 3.89. The van der Waals surface area contributed by atoms with Crippen molar-refractivity contribution in [1.82, 2.24) is 10.2 Å². The summed E-state index contributed by atoms with van der Waals surface area (Å²) in [6, 6.07) is 0. The largest absolute Gasteiger partial charge is 0.364 e. The van der Waals surface area contributed by atoms with E-state index in [0.29, 0.717) is 0 Å². The first kappa shape index (κ1) is 6.66. The molecule has 0 saturated heterocycles. The van der Waals surface area contributed by atoms with Crippen molar-refractivity contribution < 1.29 is 13.6 Å². The van der Waals surface area contributed by atoms with Crippen LogP contribution < -0.4 is 5.73 Å². The van der Waals surface area contributed by atoms with Crippen molar-refractivity contribution in [3.05, 3.63) is 17.5 Å². The number of nitrogens with two attached hydrogens (primary N) is 1. The number of aromatic nitrogens is 2. The molecule has 0 aliphatic heterocycles. The molecule has 0 aromatic carbocycles. The van der Waals surface area contributed by atoms with Gasteiger partial charge in [-0.05, 0) is 0 Å². The minimum Gasteiger partial charge on any atom is -0.364 e. The number of carbonyl (C=O) groups excluding carboxylic acids is 1. The summed E-state index contributed by atoms with van der Waals surface area (Å²) >= 11 is 0. The second-order valence-electron chi connectivity index (χ2n) is 1.56. The molecule has 0 aliphatic carbocycles. The molecule has 0 aliphatic rings. The molecule has 0 fully saturated rings. The Kier molecular flexibility index (Phi) is 1.37. The van der Waals surface area contributed by atoms with Gasteiger partial charge in [0.1, 0.15) is 0 Å². The Morgan fingerprint density at radius 1 is 1.60 bits per heavy atom. The lowest BCUT2D eigenvalue weighted by Gasteiger charge is -1.82. The predicted molar refractivity (Wildman–Crippen MR) is 27.0 cm³/mol. The highest BCUT2D eigenvalue weighted by atomic mass is 19.2. The van der Waals surface area contributed by atoms with Crippen LogP contribution in [0.15, 0.2) is 0 Å². The average Bonchev–Trinajstić information content (AvgIpc) is 2.14. The van der Waals surface area contributed by atoms with Crippen LogP contribution >= 0.6 is 0 Å². The number of H-pyrrole nitrogens is 1. The molecule has 0 spiro atoms. The Bertz CT molecular complexity index is 269. The van der Waals surface area contributed by atoms with E-state index in [1.165, 1.54) is 0 Å². The van der Waals surface area contributed by atoms with Gasteiger partial charge in [0.15, 0.2) is 5.69 Å². The van der Waals surface area contributed by atoms with Gasteiger partial charge >= 0.3 is 0 Å². The third-order valence-corrected chi connectivity index (χ3v) is 0.900. The first-order valence-corrected chi connectivity index (χ1v) is 2.32. The first-order valence-electron chi connectivity index (χ1n) is 2.32. The van der Waals surface area contributed by atoms with Gasteiger partial charge in [-0.3, -0.25) is 4.79 Å². The highest BCUT2D eigenvalue weighted by Gasteiger charge is 2.16. The van der Waals surface area contributed by atoms with Crippen LogP contribution in [0.5, 0.6) is 0 Å². The summed E-state index contributed by atoms with van der Waals surface area (Å²) in [6.07, 6.45) is 0. The maximum absolute atomic E-state index is 12.2. The van der Waals surface area contributed by atoms with E-state index in [2.05, 4.69) is 10.8 Å². The number of nitrogens with one attached hydrogen (secondary N) is 1. The number of primary amides is 1. The Hall–Kier alpha value is -1.46. The average molecular weight is 147 g/mol. The molecule has 0 atom stereocenters. The van der Waals surface area contributed by atoms with Gasteiger partial charge in [-0.25, -0.2) is 5.10 Å². The topological polar surface area (TPSA) is 71.8 Å². The van der Waals surface area contributed by atoms with E-state index in [0.717, 1.165) is 0 Å². The van der Waals surface area contributed by atoms with E-state index in [9.17, 15) is 13.6 Å². The number of halogens is 2. The zero-order valence-corrected chi connectivity index (χ0v) is 4.69. The van der Waals surface area contributed by atoms with Crippen molar-refractivity contribution in [2.45, 2.75) is 0 Å². The summed E-state index contributed by atoms with van der Waals surface area (Å²) < 4.78 is 24.2. The Morgan fingerprint density at radius 3 is 2.40 bits per heavy atom. The summed E-state index contributed by atoms with van der Waals surface area (Å²) in [5, 5.41) is 4.59. The van der Waals surface area contributed by atoms with E-state index in [1.54, 1.807) is 5.10 Å². The van der Waals surface area contributed by atoms with Gasteiger partial charge in [0.2, 0.25) is 11.8 Å². The number of amides is 1. The lowest BCUT2D eigenvalue weighted by atomic mass is 10.4. The molecule has 1 heterocycles. The van der Waals surface area contributed by atoms with Gasteiger partial charge in [0, 0.05) is 0 Å². The number of nitrogens with zero attached hydrogens (tertiary/aromatic N) is 1. The number of hydrogen-bond acceptors (Lipinski definition) is 2. The van der Waals surface area contributed by atoms with Gasteiger partial charge in [-0.2, -0.15) is 13.9 Å². The molecule has 3 N–H and O–H groups in total.